The van der Waals surface area contributed by atoms with Crippen molar-refractivity contribution in [3.05, 3.63) is 17.0 Å². The Morgan fingerprint density at radius 3 is 2.73 bits per heavy atom. The molecule has 0 bridgehead atoms. The maximum Gasteiger partial charge on any atom is 0.306 e. The molecule has 22 heavy (non-hydrogen) atoms. The Morgan fingerprint density at radius 1 is 1.41 bits per heavy atom. The first kappa shape index (κ1) is 15.9. The number of rotatable bonds is 4. The molecule has 8 heteroatoms. The van der Waals surface area contributed by atoms with Gasteiger partial charge in [0, 0.05) is 17.5 Å². The molecule has 122 valence electrons. The fourth-order valence-corrected chi connectivity index (χ4v) is 5.83. The summed E-state index contributed by atoms with van der Waals surface area (Å²) in [5.74, 6) is -1.17. The van der Waals surface area contributed by atoms with Crippen molar-refractivity contribution < 1.29 is 23.1 Å². The van der Waals surface area contributed by atoms with Gasteiger partial charge in [-0.05, 0) is 44.7 Å². The summed E-state index contributed by atoms with van der Waals surface area (Å²) in [6.07, 6.45) is 2.10. The first-order valence-electron chi connectivity index (χ1n) is 7.25. The Labute approximate surface area is 133 Å². The molecule has 3 rings (SSSR count). The van der Waals surface area contributed by atoms with Gasteiger partial charge in [0.05, 0.1) is 11.5 Å². The normalized spacial score (nSPS) is 31.9. The van der Waals surface area contributed by atoms with Crippen LogP contribution in [0, 0.1) is 12.8 Å². The van der Waals surface area contributed by atoms with Gasteiger partial charge >= 0.3 is 5.97 Å². The van der Waals surface area contributed by atoms with E-state index in [9.17, 15) is 13.2 Å². The predicted octanol–water partition coefficient (Wildman–Crippen LogP) is 1.75. The number of carboxylic acids is 1. The quantitative estimate of drug-likeness (QED) is 0.867. The average Bonchev–Trinajstić information content (AvgIpc) is 2.83. The van der Waals surface area contributed by atoms with E-state index in [1.807, 2.05) is 6.92 Å². The first-order chi connectivity index (χ1) is 10.3. The number of carbonyl (C=O) groups is 1. The number of hydrogen-bond acceptors (Lipinski definition) is 5. The Balaban J connectivity index is 1.65. The van der Waals surface area contributed by atoms with Crippen LogP contribution in [0.3, 0.4) is 0 Å². The molecular weight excluding hydrogens is 326 g/mol. The van der Waals surface area contributed by atoms with Crippen LogP contribution in [0.15, 0.2) is 16.3 Å². The Morgan fingerprint density at radius 2 is 2.14 bits per heavy atom. The van der Waals surface area contributed by atoms with E-state index in [0.717, 1.165) is 4.88 Å². The van der Waals surface area contributed by atoms with Crippen LogP contribution < -0.4 is 4.72 Å². The summed E-state index contributed by atoms with van der Waals surface area (Å²) in [4.78, 5) is 11.9. The summed E-state index contributed by atoms with van der Waals surface area (Å²) in [6.45, 7) is 2.33. The molecular formula is C14H19NO5S2. The fourth-order valence-electron chi connectivity index (χ4n) is 3.26. The van der Waals surface area contributed by atoms with Crippen molar-refractivity contribution in [2.45, 2.75) is 48.5 Å². The van der Waals surface area contributed by atoms with Crippen molar-refractivity contribution in [3.8, 4) is 0 Å². The van der Waals surface area contributed by atoms with Crippen molar-refractivity contribution >= 4 is 27.3 Å². The third-order valence-electron chi connectivity index (χ3n) is 4.38. The summed E-state index contributed by atoms with van der Waals surface area (Å²) < 4.78 is 33.5. The second-order valence-corrected chi connectivity index (χ2v) is 9.38. The van der Waals surface area contributed by atoms with Gasteiger partial charge in [-0.25, -0.2) is 13.1 Å². The van der Waals surface area contributed by atoms with Gasteiger partial charge in [0.1, 0.15) is 4.21 Å². The summed E-state index contributed by atoms with van der Waals surface area (Å²) in [6, 6.07) is 3.20. The molecule has 1 spiro atoms. The summed E-state index contributed by atoms with van der Waals surface area (Å²) in [5, 5.41) is 8.98. The summed E-state index contributed by atoms with van der Waals surface area (Å²) >= 11 is 1.25. The predicted molar refractivity (Wildman–Crippen MR) is 81.4 cm³/mol. The lowest BCUT2D eigenvalue weighted by Crippen LogP contribution is -2.56. The van der Waals surface area contributed by atoms with Crippen LogP contribution in [-0.4, -0.2) is 37.7 Å². The number of aliphatic carboxylic acids is 1. The minimum absolute atomic E-state index is 0.198. The van der Waals surface area contributed by atoms with Gasteiger partial charge < -0.3 is 9.84 Å². The van der Waals surface area contributed by atoms with Gasteiger partial charge in [0.25, 0.3) is 0 Å². The first-order valence-corrected chi connectivity index (χ1v) is 9.55. The zero-order valence-corrected chi connectivity index (χ0v) is 13.9. The molecule has 1 unspecified atom stereocenters. The second kappa shape index (κ2) is 5.59. The average molecular weight is 345 g/mol. The Bertz CT molecular complexity index is 675. The number of thiophene rings is 1. The van der Waals surface area contributed by atoms with E-state index >= 15 is 0 Å². The standard InChI is InChI=1S/C14H19NO5S2/c1-9-2-3-12(21-9)22(18,19)15-11-4-5-20-14(8-11)6-10(7-14)13(16)17/h2-3,10-11,15H,4-8H2,1H3,(H,16,17). The second-order valence-electron chi connectivity index (χ2n) is 6.15. The maximum absolute atomic E-state index is 12.4. The topological polar surface area (TPSA) is 92.7 Å². The smallest absolute Gasteiger partial charge is 0.306 e. The number of hydrogen-bond donors (Lipinski definition) is 2. The van der Waals surface area contributed by atoms with E-state index in [2.05, 4.69) is 4.72 Å². The monoisotopic (exact) mass is 345 g/mol. The zero-order valence-electron chi connectivity index (χ0n) is 12.2. The lowest BCUT2D eigenvalue weighted by atomic mass is 9.67. The molecule has 0 aromatic carbocycles. The molecule has 1 aromatic heterocycles. The Kier molecular flexibility index (Phi) is 4.05. The molecule has 2 heterocycles. The maximum atomic E-state index is 12.4. The number of ether oxygens (including phenoxy) is 1. The number of carboxylic acid groups (broad SMARTS) is 1. The van der Waals surface area contributed by atoms with Crippen LogP contribution in [0.5, 0.6) is 0 Å². The minimum atomic E-state index is -3.51. The van der Waals surface area contributed by atoms with Crippen molar-refractivity contribution in [2.24, 2.45) is 5.92 Å². The largest absolute Gasteiger partial charge is 0.481 e. The highest BCUT2D eigenvalue weighted by Gasteiger charge is 2.51. The van der Waals surface area contributed by atoms with Gasteiger partial charge in [0.15, 0.2) is 0 Å². The molecule has 1 aliphatic heterocycles. The zero-order chi connectivity index (χ0) is 16.0. The van der Waals surface area contributed by atoms with Crippen molar-refractivity contribution in [3.63, 3.8) is 0 Å². The van der Waals surface area contributed by atoms with Gasteiger partial charge in [-0.15, -0.1) is 11.3 Å². The molecule has 0 radical (unpaired) electrons. The molecule has 1 atom stereocenters. The van der Waals surface area contributed by atoms with Crippen LogP contribution in [0.25, 0.3) is 0 Å². The van der Waals surface area contributed by atoms with E-state index in [1.54, 1.807) is 12.1 Å². The number of nitrogens with one attached hydrogen (secondary N) is 1. The number of sulfonamides is 1. The van der Waals surface area contributed by atoms with Gasteiger partial charge in [0.2, 0.25) is 10.0 Å². The molecule has 1 saturated heterocycles. The van der Waals surface area contributed by atoms with E-state index in [4.69, 9.17) is 9.84 Å². The van der Waals surface area contributed by atoms with Crippen molar-refractivity contribution in [2.75, 3.05) is 6.61 Å². The molecule has 2 N–H and O–H groups in total. The Hall–Kier alpha value is -0.960. The van der Waals surface area contributed by atoms with E-state index < -0.39 is 21.6 Å². The number of aryl methyl sites for hydroxylation is 1. The highest BCUT2D eigenvalue weighted by molar-refractivity contribution is 7.91. The highest BCUT2D eigenvalue weighted by atomic mass is 32.2. The van der Waals surface area contributed by atoms with Crippen LogP contribution in [0.2, 0.25) is 0 Å². The van der Waals surface area contributed by atoms with Crippen LogP contribution in [0.4, 0.5) is 0 Å². The van der Waals surface area contributed by atoms with Crippen LogP contribution >= 0.6 is 11.3 Å². The lowest BCUT2D eigenvalue weighted by Gasteiger charge is -2.50. The van der Waals surface area contributed by atoms with E-state index in [1.165, 1.54) is 11.3 Å². The summed E-state index contributed by atoms with van der Waals surface area (Å²) in [5.41, 5.74) is -0.458. The van der Waals surface area contributed by atoms with Gasteiger partial charge in [-0.2, -0.15) is 0 Å². The lowest BCUT2D eigenvalue weighted by molar-refractivity contribution is -0.180. The van der Waals surface area contributed by atoms with Crippen LogP contribution in [-0.2, 0) is 19.6 Å². The minimum Gasteiger partial charge on any atom is -0.481 e. The molecule has 2 fully saturated rings. The molecule has 1 aliphatic carbocycles. The highest BCUT2D eigenvalue weighted by Crippen LogP contribution is 2.46. The third-order valence-corrected chi connectivity index (χ3v) is 7.39. The van der Waals surface area contributed by atoms with E-state index in [0.29, 0.717) is 36.5 Å². The molecule has 6 nitrogen and oxygen atoms in total. The van der Waals surface area contributed by atoms with Crippen molar-refractivity contribution in [1.29, 1.82) is 0 Å². The van der Waals surface area contributed by atoms with Crippen molar-refractivity contribution in [1.82, 2.24) is 4.72 Å². The molecule has 0 amide bonds. The van der Waals surface area contributed by atoms with Gasteiger partial charge in [-0.3, -0.25) is 4.79 Å². The van der Waals surface area contributed by atoms with Crippen LogP contribution in [0.1, 0.15) is 30.6 Å². The van der Waals surface area contributed by atoms with Gasteiger partial charge in [-0.1, -0.05) is 0 Å². The summed E-state index contributed by atoms with van der Waals surface area (Å²) in [7, 11) is -3.51. The SMILES string of the molecule is Cc1ccc(S(=O)(=O)NC2CCOC3(C2)CC(C(=O)O)C3)s1. The third kappa shape index (κ3) is 3.05. The molecule has 1 saturated carbocycles. The fraction of sp³-hybridized carbons (Fsp3) is 0.643. The van der Waals surface area contributed by atoms with E-state index in [-0.39, 0.29) is 12.0 Å². The molecule has 1 aromatic rings. The molecule has 2 aliphatic rings.